The monoisotopic (exact) mass is 402 g/mol. The summed E-state index contributed by atoms with van der Waals surface area (Å²) in [6, 6.07) is 2.21. The quantitative estimate of drug-likeness (QED) is 0.549. The number of aryl methyl sites for hydroxylation is 2. The van der Waals surface area contributed by atoms with Gasteiger partial charge >= 0.3 is 0 Å². The van der Waals surface area contributed by atoms with Crippen LogP contribution in [0.3, 0.4) is 0 Å². The topological polar surface area (TPSA) is 78.0 Å². The summed E-state index contributed by atoms with van der Waals surface area (Å²) in [6.07, 6.45) is 4.00. The molecular formula is C20H34N8O. The molecule has 1 atom stereocenters. The van der Waals surface area contributed by atoms with Crippen LogP contribution in [0.5, 0.6) is 0 Å². The first-order valence-electron chi connectivity index (χ1n) is 10.3. The largest absolute Gasteiger partial charge is 0.361 e. The van der Waals surface area contributed by atoms with Crippen molar-refractivity contribution in [1.29, 1.82) is 0 Å². The fourth-order valence-corrected chi connectivity index (χ4v) is 3.62. The van der Waals surface area contributed by atoms with Crippen molar-refractivity contribution >= 4 is 5.96 Å². The Labute approximate surface area is 173 Å². The third-order valence-electron chi connectivity index (χ3n) is 5.22. The molecule has 1 aliphatic rings. The first-order valence-corrected chi connectivity index (χ1v) is 10.3. The highest BCUT2D eigenvalue weighted by molar-refractivity contribution is 5.80. The summed E-state index contributed by atoms with van der Waals surface area (Å²) in [5, 5.41) is 11.9. The van der Waals surface area contributed by atoms with Crippen molar-refractivity contribution in [2.24, 2.45) is 12.0 Å². The molecule has 1 fully saturated rings. The zero-order valence-electron chi connectivity index (χ0n) is 18.3. The van der Waals surface area contributed by atoms with E-state index < -0.39 is 0 Å². The van der Waals surface area contributed by atoms with E-state index in [4.69, 9.17) is 9.52 Å². The smallest absolute Gasteiger partial charge is 0.194 e. The van der Waals surface area contributed by atoms with Gasteiger partial charge in [0.1, 0.15) is 5.76 Å². The molecule has 160 valence electrons. The molecule has 0 bridgehead atoms. The van der Waals surface area contributed by atoms with E-state index in [0.29, 0.717) is 6.54 Å². The second-order valence-corrected chi connectivity index (χ2v) is 7.81. The van der Waals surface area contributed by atoms with Gasteiger partial charge in [0.15, 0.2) is 5.96 Å². The maximum atomic E-state index is 5.18. The highest BCUT2D eigenvalue weighted by Crippen LogP contribution is 2.18. The molecule has 9 heteroatoms. The van der Waals surface area contributed by atoms with E-state index in [2.05, 4.69) is 57.5 Å². The summed E-state index contributed by atoms with van der Waals surface area (Å²) in [4.78, 5) is 11.9. The first-order chi connectivity index (χ1) is 14.0. The van der Waals surface area contributed by atoms with Crippen molar-refractivity contribution in [2.75, 3.05) is 53.4 Å². The van der Waals surface area contributed by atoms with Gasteiger partial charge in [-0.15, -0.1) is 0 Å². The first kappa shape index (κ1) is 21.3. The van der Waals surface area contributed by atoms with Crippen molar-refractivity contribution in [3.05, 3.63) is 35.5 Å². The Balaban J connectivity index is 1.60. The fourth-order valence-electron chi connectivity index (χ4n) is 3.62. The molecule has 2 aromatic rings. The Morgan fingerprint density at radius 1 is 1.31 bits per heavy atom. The molecule has 9 nitrogen and oxygen atoms in total. The molecule has 2 aromatic heterocycles. The highest BCUT2D eigenvalue weighted by Gasteiger charge is 2.22. The van der Waals surface area contributed by atoms with Crippen LogP contribution in [0.15, 0.2) is 28.0 Å². The van der Waals surface area contributed by atoms with Crippen molar-refractivity contribution in [3.8, 4) is 0 Å². The lowest BCUT2D eigenvalue weighted by Gasteiger charge is -2.36. The second-order valence-electron chi connectivity index (χ2n) is 7.81. The van der Waals surface area contributed by atoms with Crippen LogP contribution >= 0.6 is 0 Å². The molecule has 3 heterocycles. The lowest BCUT2D eigenvalue weighted by molar-refractivity contribution is 0.168. The number of nitrogens with zero attached hydrogens (tertiary/aromatic N) is 7. The second kappa shape index (κ2) is 9.89. The number of aromatic nitrogens is 3. The van der Waals surface area contributed by atoms with Gasteiger partial charge in [0.2, 0.25) is 0 Å². The van der Waals surface area contributed by atoms with E-state index in [1.54, 1.807) is 0 Å². The molecule has 0 saturated carbocycles. The van der Waals surface area contributed by atoms with Crippen LogP contribution < -0.4 is 5.32 Å². The molecule has 0 radical (unpaired) electrons. The summed E-state index contributed by atoms with van der Waals surface area (Å²) in [6.45, 7) is 10.3. The van der Waals surface area contributed by atoms with E-state index in [9.17, 15) is 0 Å². The SMILES string of the molecule is CCNC(=NCC(c1cnn(C)c1)N(C)C)N1CCN(Cc2cc(C)on2)CC1. The number of aliphatic imine (C=N–C) groups is 1. The van der Waals surface area contributed by atoms with Gasteiger partial charge in [-0.05, 0) is 27.9 Å². The van der Waals surface area contributed by atoms with E-state index in [1.807, 2.05) is 30.9 Å². The zero-order chi connectivity index (χ0) is 20.8. The number of likely N-dealkylation sites (N-methyl/N-ethyl adjacent to an activating group) is 1. The minimum absolute atomic E-state index is 0.203. The summed E-state index contributed by atoms with van der Waals surface area (Å²) < 4.78 is 7.03. The van der Waals surface area contributed by atoms with Crippen molar-refractivity contribution in [1.82, 2.24) is 35.0 Å². The molecule has 1 aliphatic heterocycles. The van der Waals surface area contributed by atoms with Crippen LogP contribution in [-0.2, 0) is 13.6 Å². The molecule has 1 unspecified atom stereocenters. The Morgan fingerprint density at radius 2 is 2.07 bits per heavy atom. The van der Waals surface area contributed by atoms with E-state index in [0.717, 1.165) is 56.7 Å². The maximum absolute atomic E-state index is 5.18. The molecule has 0 aliphatic carbocycles. The minimum Gasteiger partial charge on any atom is -0.361 e. The van der Waals surface area contributed by atoms with Gasteiger partial charge in [-0.3, -0.25) is 14.6 Å². The van der Waals surface area contributed by atoms with Gasteiger partial charge in [-0.25, -0.2) is 0 Å². The van der Waals surface area contributed by atoms with Crippen LogP contribution in [0.4, 0.5) is 0 Å². The Hall–Kier alpha value is -2.39. The van der Waals surface area contributed by atoms with E-state index in [1.165, 1.54) is 5.56 Å². The number of piperazine rings is 1. The third-order valence-corrected chi connectivity index (χ3v) is 5.22. The number of hydrogen-bond donors (Lipinski definition) is 1. The zero-order valence-corrected chi connectivity index (χ0v) is 18.3. The minimum atomic E-state index is 0.203. The van der Waals surface area contributed by atoms with Gasteiger partial charge in [-0.2, -0.15) is 5.10 Å². The van der Waals surface area contributed by atoms with Gasteiger partial charge < -0.3 is 19.6 Å². The summed E-state index contributed by atoms with van der Waals surface area (Å²) in [5.41, 5.74) is 2.19. The van der Waals surface area contributed by atoms with E-state index >= 15 is 0 Å². The third kappa shape index (κ3) is 5.80. The standard InChI is InChI=1S/C20H34N8O/c1-6-21-20(22-13-19(25(3)4)17-12-23-26(5)14-17)28-9-7-27(8-10-28)15-18-11-16(2)29-24-18/h11-12,14,19H,6-10,13,15H2,1-5H3,(H,21,22). The Kier molecular flexibility index (Phi) is 7.27. The van der Waals surface area contributed by atoms with Crippen molar-refractivity contribution < 1.29 is 4.52 Å². The average Bonchev–Trinajstić information content (AvgIpc) is 3.29. The number of guanidine groups is 1. The lowest BCUT2D eigenvalue weighted by Crippen LogP contribution is -2.52. The van der Waals surface area contributed by atoms with E-state index in [-0.39, 0.29) is 6.04 Å². The predicted octanol–water partition coefficient (Wildman–Crippen LogP) is 1.10. The van der Waals surface area contributed by atoms with Crippen LogP contribution in [0, 0.1) is 6.92 Å². The molecule has 29 heavy (non-hydrogen) atoms. The predicted molar refractivity (Wildman–Crippen MR) is 114 cm³/mol. The van der Waals surface area contributed by atoms with Crippen molar-refractivity contribution in [2.45, 2.75) is 26.4 Å². The maximum Gasteiger partial charge on any atom is 0.194 e. The summed E-state index contributed by atoms with van der Waals surface area (Å²) >= 11 is 0. The molecule has 0 spiro atoms. The Morgan fingerprint density at radius 3 is 2.62 bits per heavy atom. The van der Waals surface area contributed by atoms with Crippen LogP contribution in [0.2, 0.25) is 0 Å². The van der Waals surface area contributed by atoms with Gasteiger partial charge in [0.25, 0.3) is 0 Å². The summed E-state index contributed by atoms with van der Waals surface area (Å²) in [7, 11) is 6.12. The van der Waals surface area contributed by atoms with Crippen LogP contribution in [-0.4, -0.2) is 89.0 Å². The van der Waals surface area contributed by atoms with Gasteiger partial charge in [0.05, 0.1) is 24.5 Å². The molecule has 1 N–H and O–H groups in total. The number of rotatable bonds is 7. The number of nitrogens with one attached hydrogen (secondary N) is 1. The fraction of sp³-hybridized carbons (Fsp3) is 0.650. The molecule has 3 rings (SSSR count). The lowest BCUT2D eigenvalue weighted by atomic mass is 10.1. The molecule has 1 saturated heterocycles. The molecular weight excluding hydrogens is 368 g/mol. The normalized spacial score (nSPS) is 17.2. The van der Waals surface area contributed by atoms with Crippen LogP contribution in [0.1, 0.15) is 30.0 Å². The summed E-state index contributed by atoms with van der Waals surface area (Å²) in [5.74, 6) is 1.85. The molecule has 0 amide bonds. The van der Waals surface area contributed by atoms with Gasteiger partial charge in [-0.1, -0.05) is 5.16 Å². The number of hydrogen-bond acceptors (Lipinski definition) is 6. The molecule has 0 aromatic carbocycles. The van der Waals surface area contributed by atoms with Crippen molar-refractivity contribution in [3.63, 3.8) is 0 Å². The average molecular weight is 403 g/mol. The Bertz CT molecular complexity index is 788. The van der Waals surface area contributed by atoms with Crippen LogP contribution in [0.25, 0.3) is 0 Å². The highest BCUT2D eigenvalue weighted by atomic mass is 16.5. The van der Waals surface area contributed by atoms with Gasteiger partial charge in [0, 0.05) is 64.1 Å².